The van der Waals surface area contributed by atoms with E-state index in [0.29, 0.717) is 10.7 Å². The highest BCUT2D eigenvalue weighted by Gasteiger charge is 2.11. The number of hydrogen-bond donors (Lipinski definition) is 1. The second-order valence-electron chi connectivity index (χ2n) is 5.60. The van der Waals surface area contributed by atoms with Crippen molar-refractivity contribution in [1.29, 1.82) is 0 Å². The van der Waals surface area contributed by atoms with E-state index in [1.54, 1.807) is 12.1 Å². The van der Waals surface area contributed by atoms with E-state index >= 15 is 0 Å². The maximum Gasteiger partial charge on any atom is 0.269 e. The molecule has 0 fully saturated rings. The molecule has 7 heteroatoms. The normalized spacial score (nSPS) is 10.8. The van der Waals surface area contributed by atoms with Crippen LogP contribution in [0.25, 0.3) is 10.2 Å². The van der Waals surface area contributed by atoms with Crippen LogP contribution in [0.1, 0.15) is 16.7 Å². The molecule has 0 aliphatic carbocycles. The maximum atomic E-state index is 12.2. The number of benzene rings is 2. The zero-order chi connectivity index (χ0) is 17.3. The number of nitro benzene ring substituents is 1. The Bertz CT molecular complexity index is 932. The van der Waals surface area contributed by atoms with Crippen LogP contribution in [0.15, 0.2) is 36.4 Å². The number of amides is 1. The van der Waals surface area contributed by atoms with E-state index in [1.165, 1.54) is 23.5 Å². The Kier molecular flexibility index (Phi) is 4.26. The Morgan fingerprint density at radius 3 is 2.62 bits per heavy atom. The summed E-state index contributed by atoms with van der Waals surface area (Å²) in [5.74, 6) is -0.197. The number of fused-ring (bicyclic) bond motifs is 1. The van der Waals surface area contributed by atoms with Crippen molar-refractivity contribution in [3.63, 3.8) is 0 Å². The van der Waals surface area contributed by atoms with Gasteiger partial charge in [0.1, 0.15) is 0 Å². The highest BCUT2D eigenvalue weighted by molar-refractivity contribution is 7.22. The first-order valence-corrected chi connectivity index (χ1v) is 8.15. The van der Waals surface area contributed by atoms with Gasteiger partial charge in [0.15, 0.2) is 5.13 Å². The number of aryl methyl sites for hydroxylation is 2. The summed E-state index contributed by atoms with van der Waals surface area (Å²) in [7, 11) is 0. The smallest absolute Gasteiger partial charge is 0.269 e. The summed E-state index contributed by atoms with van der Waals surface area (Å²) in [6, 6.07) is 10.1. The van der Waals surface area contributed by atoms with Gasteiger partial charge in [-0.3, -0.25) is 14.9 Å². The molecule has 0 saturated carbocycles. The zero-order valence-electron chi connectivity index (χ0n) is 13.2. The fraction of sp³-hybridized carbons (Fsp3) is 0.176. The summed E-state index contributed by atoms with van der Waals surface area (Å²) in [4.78, 5) is 26.8. The van der Waals surface area contributed by atoms with Gasteiger partial charge >= 0.3 is 0 Å². The van der Waals surface area contributed by atoms with Crippen LogP contribution in [-0.2, 0) is 11.2 Å². The topological polar surface area (TPSA) is 85.1 Å². The number of carbonyl (C=O) groups is 1. The summed E-state index contributed by atoms with van der Waals surface area (Å²) in [5.41, 5.74) is 3.86. The number of aromatic nitrogens is 1. The van der Waals surface area contributed by atoms with Crippen molar-refractivity contribution in [3.8, 4) is 0 Å². The van der Waals surface area contributed by atoms with Crippen LogP contribution in [0.2, 0.25) is 0 Å². The van der Waals surface area contributed by atoms with Gasteiger partial charge < -0.3 is 5.32 Å². The molecule has 0 aliphatic rings. The largest absolute Gasteiger partial charge is 0.302 e. The minimum Gasteiger partial charge on any atom is -0.302 e. The van der Waals surface area contributed by atoms with Crippen molar-refractivity contribution in [2.75, 3.05) is 5.32 Å². The molecule has 3 rings (SSSR count). The van der Waals surface area contributed by atoms with E-state index in [0.717, 1.165) is 21.3 Å². The van der Waals surface area contributed by atoms with E-state index < -0.39 is 4.92 Å². The van der Waals surface area contributed by atoms with Crippen molar-refractivity contribution in [1.82, 2.24) is 4.98 Å². The van der Waals surface area contributed by atoms with E-state index in [-0.39, 0.29) is 18.0 Å². The lowest BCUT2D eigenvalue weighted by Crippen LogP contribution is -2.14. The number of nitrogens with zero attached hydrogens (tertiary/aromatic N) is 2. The molecule has 0 bridgehead atoms. The summed E-state index contributed by atoms with van der Waals surface area (Å²) in [5, 5.41) is 14.0. The third-order valence-corrected chi connectivity index (χ3v) is 4.51. The number of anilines is 1. The van der Waals surface area contributed by atoms with Crippen LogP contribution in [0.5, 0.6) is 0 Å². The average Bonchev–Trinajstić information content (AvgIpc) is 2.90. The molecule has 2 aromatic carbocycles. The molecular formula is C17H15N3O3S. The van der Waals surface area contributed by atoms with Crippen LogP contribution in [0.4, 0.5) is 10.8 Å². The van der Waals surface area contributed by atoms with E-state index in [4.69, 9.17) is 0 Å². The van der Waals surface area contributed by atoms with Gasteiger partial charge in [-0.2, -0.15) is 0 Å². The molecule has 1 amide bonds. The minimum absolute atomic E-state index is 0.0103. The van der Waals surface area contributed by atoms with Gasteiger partial charge in [-0.1, -0.05) is 29.5 Å². The maximum absolute atomic E-state index is 12.2. The molecule has 0 spiro atoms. The lowest BCUT2D eigenvalue weighted by atomic mass is 10.1. The quantitative estimate of drug-likeness (QED) is 0.574. The molecule has 122 valence electrons. The minimum atomic E-state index is -0.463. The fourth-order valence-corrected chi connectivity index (χ4v) is 3.57. The highest BCUT2D eigenvalue weighted by Crippen LogP contribution is 2.29. The fourth-order valence-electron chi connectivity index (χ4n) is 2.51. The van der Waals surface area contributed by atoms with Gasteiger partial charge in [0, 0.05) is 12.1 Å². The molecule has 0 saturated heterocycles. The second-order valence-corrected chi connectivity index (χ2v) is 6.63. The number of rotatable bonds is 4. The average molecular weight is 341 g/mol. The van der Waals surface area contributed by atoms with Crippen LogP contribution < -0.4 is 5.32 Å². The lowest BCUT2D eigenvalue weighted by Gasteiger charge is -2.01. The number of carbonyl (C=O) groups excluding carboxylic acids is 1. The third kappa shape index (κ3) is 3.41. The van der Waals surface area contributed by atoms with Gasteiger partial charge in [-0.15, -0.1) is 0 Å². The van der Waals surface area contributed by atoms with Gasteiger partial charge in [0.05, 0.1) is 21.6 Å². The van der Waals surface area contributed by atoms with E-state index in [2.05, 4.69) is 16.4 Å². The van der Waals surface area contributed by atoms with E-state index in [9.17, 15) is 14.9 Å². The van der Waals surface area contributed by atoms with Crippen LogP contribution in [0.3, 0.4) is 0 Å². The van der Waals surface area contributed by atoms with Crippen LogP contribution in [0, 0.1) is 24.0 Å². The number of nitrogens with one attached hydrogen (secondary N) is 1. The third-order valence-electron chi connectivity index (χ3n) is 3.59. The summed E-state index contributed by atoms with van der Waals surface area (Å²) < 4.78 is 1.04. The molecule has 0 radical (unpaired) electrons. The van der Waals surface area contributed by atoms with Gasteiger partial charge in [0.25, 0.3) is 5.69 Å². The Balaban J connectivity index is 1.72. The van der Waals surface area contributed by atoms with Gasteiger partial charge in [-0.05, 0) is 36.6 Å². The monoisotopic (exact) mass is 341 g/mol. The van der Waals surface area contributed by atoms with Crippen molar-refractivity contribution in [2.45, 2.75) is 20.3 Å². The van der Waals surface area contributed by atoms with Crippen molar-refractivity contribution in [3.05, 3.63) is 63.2 Å². The lowest BCUT2D eigenvalue weighted by molar-refractivity contribution is -0.384. The number of non-ortho nitro benzene ring substituents is 1. The Hall–Kier alpha value is -2.80. The first kappa shape index (κ1) is 16.1. The molecule has 1 heterocycles. The van der Waals surface area contributed by atoms with Crippen molar-refractivity contribution in [2.24, 2.45) is 0 Å². The van der Waals surface area contributed by atoms with Gasteiger partial charge in [-0.25, -0.2) is 4.98 Å². The van der Waals surface area contributed by atoms with Crippen molar-refractivity contribution < 1.29 is 9.72 Å². The number of thiazole rings is 1. The Morgan fingerprint density at radius 1 is 1.25 bits per heavy atom. The Labute approximate surface area is 142 Å². The van der Waals surface area contributed by atoms with E-state index in [1.807, 2.05) is 19.9 Å². The first-order valence-electron chi connectivity index (χ1n) is 7.33. The molecule has 0 atom stereocenters. The van der Waals surface area contributed by atoms with Gasteiger partial charge in [0.2, 0.25) is 5.91 Å². The highest BCUT2D eigenvalue weighted by atomic mass is 32.1. The molecule has 1 aromatic heterocycles. The van der Waals surface area contributed by atoms with Crippen LogP contribution >= 0.6 is 11.3 Å². The summed E-state index contributed by atoms with van der Waals surface area (Å²) in [6.07, 6.45) is 0.145. The van der Waals surface area contributed by atoms with Crippen LogP contribution in [-0.4, -0.2) is 15.8 Å². The predicted molar refractivity (Wildman–Crippen MR) is 94.5 cm³/mol. The standard InChI is InChI=1S/C17H15N3O3S/c1-10-7-11(2)16-14(8-10)24-17(19-16)18-15(21)9-12-3-5-13(6-4-12)20(22)23/h3-8H,9H2,1-2H3,(H,18,19,21). The summed E-state index contributed by atoms with van der Waals surface area (Å²) >= 11 is 1.44. The predicted octanol–water partition coefficient (Wildman–Crippen LogP) is 4.00. The first-order chi connectivity index (χ1) is 11.4. The molecule has 0 aliphatic heterocycles. The second kappa shape index (κ2) is 6.37. The zero-order valence-corrected chi connectivity index (χ0v) is 14.0. The Morgan fingerprint density at radius 2 is 1.96 bits per heavy atom. The molecule has 3 aromatic rings. The molecule has 1 N–H and O–H groups in total. The molecule has 0 unspecified atom stereocenters. The molecule has 24 heavy (non-hydrogen) atoms. The number of hydrogen-bond acceptors (Lipinski definition) is 5. The SMILES string of the molecule is Cc1cc(C)c2nc(NC(=O)Cc3ccc([N+](=O)[O-])cc3)sc2c1. The van der Waals surface area contributed by atoms with Crippen molar-refractivity contribution >= 4 is 38.3 Å². The summed E-state index contributed by atoms with van der Waals surface area (Å²) in [6.45, 7) is 4.02. The number of nitro groups is 1. The molecule has 6 nitrogen and oxygen atoms in total. The molecular weight excluding hydrogens is 326 g/mol.